The molecule has 0 fully saturated rings. The van der Waals surface area contributed by atoms with Crippen LogP contribution in [0.4, 0.5) is 0 Å². The Morgan fingerprint density at radius 2 is 2.12 bits per heavy atom. The van der Waals surface area contributed by atoms with Gasteiger partial charge in [0, 0.05) is 6.54 Å². The molecule has 0 saturated heterocycles. The first-order valence-electron chi connectivity index (χ1n) is 5.97. The van der Waals surface area contributed by atoms with E-state index in [-0.39, 0.29) is 17.9 Å². The van der Waals surface area contributed by atoms with E-state index >= 15 is 0 Å². The van der Waals surface area contributed by atoms with Gasteiger partial charge >= 0.3 is 0 Å². The molecule has 0 aromatic heterocycles. The molecule has 0 aliphatic rings. The molecule has 2 atom stereocenters. The number of hydrogen-bond acceptors (Lipinski definition) is 3. The van der Waals surface area contributed by atoms with Crippen LogP contribution in [0.1, 0.15) is 34.1 Å². The van der Waals surface area contributed by atoms with Gasteiger partial charge in [0.2, 0.25) is 5.91 Å². The molecule has 0 bridgehead atoms. The van der Waals surface area contributed by atoms with Gasteiger partial charge in [0.1, 0.15) is 6.10 Å². The van der Waals surface area contributed by atoms with Crippen molar-refractivity contribution >= 4 is 5.91 Å². The Labute approximate surface area is 104 Å². The number of hydrogen-bond donors (Lipinski definition) is 2. The summed E-state index contributed by atoms with van der Waals surface area (Å²) in [5, 5.41) is 12.4. The first kappa shape index (κ1) is 16.1. The molecule has 0 aliphatic carbocycles. The van der Waals surface area contributed by atoms with Crippen LogP contribution >= 0.6 is 0 Å². The van der Waals surface area contributed by atoms with Gasteiger partial charge in [0.05, 0.1) is 12.7 Å². The second kappa shape index (κ2) is 7.45. The highest BCUT2D eigenvalue weighted by Gasteiger charge is 2.23. The first-order chi connectivity index (χ1) is 7.79. The summed E-state index contributed by atoms with van der Waals surface area (Å²) in [6, 6.07) is 0. The molecule has 4 heteroatoms. The van der Waals surface area contributed by atoms with Crippen molar-refractivity contribution in [2.75, 3.05) is 13.2 Å². The molecular formula is C13H25NO3. The van der Waals surface area contributed by atoms with Crippen molar-refractivity contribution in [2.45, 2.75) is 46.3 Å². The Morgan fingerprint density at radius 1 is 1.53 bits per heavy atom. The molecule has 1 amide bonds. The minimum atomic E-state index is -0.563. The number of rotatable bonds is 7. The summed E-state index contributed by atoms with van der Waals surface area (Å²) in [6.07, 6.45) is 1.41. The fourth-order valence-corrected chi connectivity index (χ4v) is 1.05. The molecule has 2 N–H and O–H groups in total. The van der Waals surface area contributed by atoms with Gasteiger partial charge in [0.25, 0.3) is 0 Å². The molecule has 4 nitrogen and oxygen atoms in total. The Morgan fingerprint density at radius 3 is 2.59 bits per heavy atom. The number of aliphatic hydroxyl groups is 1. The van der Waals surface area contributed by atoms with Crippen molar-refractivity contribution < 1.29 is 14.6 Å². The summed E-state index contributed by atoms with van der Waals surface area (Å²) >= 11 is 0. The third kappa shape index (κ3) is 7.13. The van der Waals surface area contributed by atoms with E-state index in [4.69, 9.17) is 4.74 Å². The minimum absolute atomic E-state index is 0.197. The van der Waals surface area contributed by atoms with E-state index in [1.165, 1.54) is 0 Å². The quantitative estimate of drug-likeness (QED) is 0.526. The van der Waals surface area contributed by atoms with E-state index in [1.54, 1.807) is 13.0 Å². The van der Waals surface area contributed by atoms with Crippen LogP contribution in [0.15, 0.2) is 12.7 Å². The van der Waals surface area contributed by atoms with Crippen molar-refractivity contribution in [2.24, 2.45) is 5.41 Å². The van der Waals surface area contributed by atoms with Crippen LogP contribution in [-0.2, 0) is 9.53 Å². The highest BCUT2D eigenvalue weighted by atomic mass is 16.5. The van der Waals surface area contributed by atoms with Crippen molar-refractivity contribution in [3.8, 4) is 0 Å². The predicted octanol–water partition coefficient (Wildman–Crippen LogP) is 1.49. The Bertz CT molecular complexity index is 246. The second-order valence-electron chi connectivity index (χ2n) is 5.22. The normalized spacial score (nSPS) is 15.1. The van der Waals surface area contributed by atoms with Gasteiger partial charge in [-0.1, -0.05) is 26.8 Å². The SMILES string of the molecule is C=CCCOC(C)C(=O)NCC(O)C(C)(C)C. The minimum Gasteiger partial charge on any atom is -0.391 e. The van der Waals surface area contributed by atoms with Crippen LogP contribution in [0.3, 0.4) is 0 Å². The van der Waals surface area contributed by atoms with Crippen molar-refractivity contribution in [3.63, 3.8) is 0 Å². The number of carbonyl (C=O) groups excluding carboxylic acids is 1. The zero-order chi connectivity index (χ0) is 13.5. The van der Waals surface area contributed by atoms with Gasteiger partial charge in [-0.15, -0.1) is 6.58 Å². The van der Waals surface area contributed by atoms with Crippen LogP contribution < -0.4 is 5.32 Å². The molecule has 0 heterocycles. The van der Waals surface area contributed by atoms with Gasteiger partial charge in [0.15, 0.2) is 0 Å². The predicted molar refractivity (Wildman–Crippen MR) is 68.7 cm³/mol. The Kier molecular flexibility index (Phi) is 7.07. The summed E-state index contributed by atoms with van der Waals surface area (Å²) in [4.78, 5) is 11.6. The lowest BCUT2D eigenvalue weighted by atomic mass is 9.89. The Balaban J connectivity index is 3.89. The van der Waals surface area contributed by atoms with E-state index in [0.717, 1.165) is 6.42 Å². The third-order valence-corrected chi connectivity index (χ3v) is 2.53. The molecule has 100 valence electrons. The molecule has 17 heavy (non-hydrogen) atoms. The lowest BCUT2D eigenvalue weighted by Crippen LogP contribution is -2.43. The van der Waals surface area contributed by atoms with Crippen LogP contribution in [0, 0.1) is 5.41 Å². The zero-order valence-corrected chi connectivity index (χ0v) is 11.3. The van der Waals surface area contributed by atoms with Crippen LogP contribution in [0.25, 0.3) is 0 Å². The number of aliphatic hydroxyl groups excluding tert-OH is 1. The van der Waals surface area contributed by atoms with E-state index in [0.29, 0.717) is 6.61 Å². The summed E-state index contributed by atoms with van der Waals surface area (Å²) in [5.41, 5.74) is -0.236. The average Bonchev–Trinajstić information content (AvgIpc) is 2.24. The lowest BCUT2D eigenvalue weighted by molar-refractivity contribution is -0.132. The van der Waals surface area contributed by atoms with Gasteiger partial charge < -0.3 is 15.2 Å². The molecule has 0 aromatic rings. The highest BCUT2D eigenvalue weighted by Crippen LogP contribution is 2.18. The van der Waals surface area contributed by atoms with Gasteiger partial charge in [-0.05, 0) is 18.8 Å². The van der Waals surface area contributed by atoms with E-state index < -0.39 is 12.2 Å². The Hall–Kier alpha value is -0.870. The molecule has 0 aliphatic heterocycles. The molecule has 0 spiro atoms. The van der Waals surface area contributed by atoms with Crippen molar-refractivity contribution in [1.29, 1.82) is 0 Å². The molecular weight excluding hydrogens is 218 g/mol. The maximum absolute atomic E-state index is 11.6. The number of carbonyl (C=O) groups is 1. The maximum Gasteiger partial charge on any atom is 0.248 e. The average molecular weight is 243 g/mol. The van der Waals surface area contributed by atoms with Crippen molar-refractivity contribution in [1.82, 2.24) is 5.32 Å². The molecule has 0 rings (SSSR count). The fraction of sp³-hybridized carbons (Fsp3) is 0.769. The summed E-state index contributed by atoms with van der Waals surface area (Å²) < 4.78 is 5.30. The van der Waals surface area contributed by atoms with Gasteiger partial charge in [-0.3, -0.25) is 4.79 Å². The summed E-state index contributed by atoms with van der Waals surface area (Å²) in [5.74, 6) is -0.197. The molecule has 2 unspecified atom stereocenters. The topological polar surface area (TPSA) is 58.6 Å². The smallest absolute Gasteiger partial charge is 0.248 e. The number of amides is 1. The largest absolute Gasteiger partial charge is 0.391 e. The first-order valence-corrected chi connectivity index (χ1v) is 5.97. The van der Waals surface area contributed by atoms with Gasteiger partial charge in [-0.25, -0.2) is 0 Å². The van der Waals surface area contributed by atoms with E-state index in [9.17, 15) is 9.90 Å². The highest BCUT2D eigenvalue weighted by molar-refractivity contribution is 5.80. The number of ether oxygens (including phenoxy) is 1. The monoisotopic (exact) mass is 243 g/mol. The van der Waals surface area contributed by atoms with E-state index in [1.807, 2.05) is 20.8 Å². The number of nitrogens with one attached hydrogen (secondary N) is 1. The second-order valence-corrected chi connectivity index (χ2v) is 5.22. The standard InChI is InChI=1S/C13H25NO3/c1-6-7-8-17-10(2)12(16)14-9-11(15)13(3,4)5/h6,10-11,15H,1,7-9H2,2-5H3,(H,14,16). The maximum atomic E-state index is 11.6. The van der Waals surface area contributed by atoms with Crippen molar-refractivity contribution in [3.05, 3.63) is 12.7 Å². The third-order valence-electron chi connectivity index (χ3n) is 2.53. The van der Waals surface area contributed by atoms with Crippen LogP contribution in [0.2, 0.25) is 0 Å². The van der Waals surface area contributed by atoms with Gasteiger partial charge in [-0.2, -0.15) is 0 Å². The lowest BCUT2D eigenvalue weighted by Gasteiger charge is -2.26. The summed E-state index contributed by atoms with van der Waals surface area (Å²) in [7, 11) is 0. The summed E-state index contributed by atoms with van der Waals surface area (Å²) in [6.45, 7) is 11.8. The molecule has 0 saturated carbocycles. The van der Waals surface area contributed by atoms with E-state index in [2.05, 4.69) is 11.9 Å². The fourth-order valence-electron chi connectivity index (χ4n) is 1.05. The van der Waals surface area contributed by atoms with Crippen LogP contribution in [0.5, 0.6) is 0 Å². The molecule has 0 radical (unpaired) electrons. The molecule has 0 aromatic carbocycles. The zero-order valence-electron chi connectivity index (χ0n) is 11.3. The van der Waals surface area contributed by atoms with Crippen LogP contribution in [-0.4, -0.2) is 36.4 Å².